The molecule has 0 N–H and O–H groups in total. The molecule has 0 saturated heterocycles. The average Bonchev–Trinajstić information content (AvgIpc) is 2.89. The van der Waals surface area contributed by atoms with Crippen molar-refractivity contribution in [2.75, 3.05) is 26.8 Å². The van der Waals surface area contributed by atoms with Crippen LogP contribution < -0.4 is 0 Å². The number of fused-ring (bicyclic) bond motifs is 1. The number of aryl methyl sites for hydroxylation is 1. The molecule has 0 radical (unpaired) electrons. The van der Waals surface area contributed by atoms with Crippen LogP contribution in [0.5, 0.6) is 0 Å². The molecule has 124 valence electrons. The summed E-state index contributed by atoms with van der Waals surface area (Å²) in [6.07, 6.45) is 1.29. The van der Waals surface area contributed by atoms with Crippen molar-refractivity contribution < 1.29 is 23.5 Å². The Morgan fingerprint density at radius 3 is 2.78 bits per heavy atom. The summed E-state index contributed by atoms with van der Waals surface area (Å²) in [5.41, 5.74) is 2.65. The maximum Gasteiger partial charge on any atom is 0.409 e. The van der Waals surface area contributed by atoms with Crippen LogP contribution in [-0.4, -0.2) is 43.8 Å². The van der Waals surface area contributed by atoms with Gasteiger partial charge in [-0.25, -0.2) is 4.79 Å². The lowest BCUT2D eigenvalue weighted by molar-refractivity contribution is -0.143. The fourth-order valence-electron chi connectivity index (χ4n) is 2.16. The van der Waals surface area contributed by atoms with Crippen LogP contribution in [0, 0.1) is 6.92 Å². The molecule has 1 aromatic heterocycles. The number of esters is 1. The Kier molecular flexibility index (Phi) is 5.62. The first-order valence-corrected chi connectivity index (χ1v) is 7.51. The van der Waals surface area contributed by atoms with Gasteiger partial charge in [0.15, 0.2) is 0 Å². The van der Waals surface area contributed by atoms with Gasteiger partial charge < -0.3 is 18.8 Å². The molecule has 0 aliphatic carbocycles. The Labute approximate surface area is 135 Å². The maximum atomic E-state index is 11.9. The number of likely N-dealkylation sites (N-methyl/N-ethyl adjacent to an activating group) is 1. The lowest BCUT2D eigenvalue weighted by Crippen LogP contribution is -2.31. The molecule has 6 heteroatoms. The van der Waals surface area contributed by atoms with E-state index in [1.54, 1.807) is 20.2 Å². The summed E-state index contributed by atoms with van der Waals surface area (Å²) in [4.78, 5) is 24.7. The first kappa shape index (κ1) is 16.9. The van der Waals surface area contributed by atoms with Gasteiger partial charge in [-0.2, -0.15) is 0 Å². The third kappa shape index (κ3) is 4.48. The fourth-order valence-corrected chi connectivity index (χ4v) is 2.16. The summed E-state index contributed by atoms with van der Waals surface area (Å²) in [6.45, 7) is 4.45. The Morgan fingerprint density at radius 2 is 2.04 bits per heavy atom. The largest absolute Gasteiger partial charge is 0.464 e. The number of benzene rings is 1. The number of carbonyl (C=O) groups is 2. The summed E-state index contributed by atoms with van der Waals surface area (Å²) in [5, 5.41) is 0.913. The highest BCUT2D eigenvalue weighted by atomic mass is 16.6. The molecular formula is C17H21NO5. The Bertz CT molecular complexity index is 691. The highest BCUT2D eigenvalue weighted by molar-refractivity contribution is 5.86. The Balaban J connectivity index is 1.83. The summed E-state index contributed by atoms with van der Waals surface area (Å²) < 4.78 is 15.4. The minimum Gasteiger partial charge on any atom is -0.464 e. The van der Waals surface area contributed by atoms with Crippen LogP contribution in [0.1, 0.15) is 18.1 Å². The molecule has 0 unspecified atom stereocenters. The standard InChI is InChI=1S/C17H21NO5/c1-4-21-17(20)18(3)7-8-22-16(19)10-13-11-23-15-9-12(2)5-6-14(13)15/h5-6,9,11H,4,7-8,10H2,1-3H3. The molecule has 0 spiro atoms. The van der Waals surface area contributed by atoms with Crippen molar-refractivity contribution >= 4 is 23.0 Å². The molecule has 0 aliphatic heterocycles. The van der Waals surface area contributed by atoms with Crippen molar-refractivity contribution in [1.29, 1.82) is 0 Å². The number of hydrogen-bond donors (Lipinski definition) is 0. The van der Waals surface area contributed by atoms with E-state index in [1.807, 2.05) is 25.1 Å². The van der Waals surface area contributed by atoms with Crippen molar-refractivity contribution in [1.82, 2.24) is 4.90 Å². The second-order valence-electron chi connectivity index (χ2n) is 5.28. The maximum absolute atomic E-state index is 11.9. The van der Waals surface area contributed by atoms with Gasteiger partial charge in [-0.15, -0.1) is 0 Å². The first-order chi connectivity index (χ1) is 11.0. The van der Waals surface area contributed by atoms with Crippen LogP contribution in [0.2, 0.25) is 0 Å². The van der Waals surface area contributed by atoms with E-state index in [2.05, 4.69) is 0 Å². The van der Waals surface area contributed by atoms with E-state index in [0.717, 1.165) is 22.1 Å². The normalized spacial score (nSPS) is 10.6. The molecule has 1 heterocycles. The van der Waals surface area contributed by atoms with Crippen molar-refractivity contribution in [3.63, 3.8) is 0 Å². The molecule has 0 aliphatic rings. The van der Waals surface area contributed by atoms with E-state index in [4.69, 9.17) is 13.9 Å². The topological polar surface area (TPSA) is 69.0 Å². The van der Waals surface area contributed by atoms with E-state index in [9.17, 15) is 9.59 Å². The van der Waals surface area contributed by atoms with E-state index in [0.29, 0.717) is 6.61 Å². The molecular weight excluding hydrogens is 298 g/mol. The molecule has 0 atom stereocenters. The molecule has 1 aromatic carbocycles. The minimum absolute atomic E-state index is 0.128. The summed E-state index contributed by atoms with van der Waals surface area (Å²) in [5.74, 6) is -0.356. The minimum atomic E-state index is -0.431. The van der Waals surface area contributed by atoms with Gasteiger partial charge in [-0.1, -0.05) is 12.1 Å². The van der Waals surface area contributed by atoms with Gasteiger partial charge in [0.25, 0.3) is 0 Å². The van der Waals surface area contributed by atoms with Crippen molar-refractivity contribution in [3.05, 3.63) is 35.6 Å². The van der Waals surface area contributed by atoms with E-state index < -0.39 is 6.09 Å². The summed E-state index contributed by atoms with van der Waals surface area (Å²) >= 11 is 0. The molecule has 0 fully saturated rings. The molecule has 0 bridgehead atoms. The van der Waals surface area contributed by atoms with Crippen LogP contribution in [0.4, 0.5) is 4.79 Å². The molecule has 23 heavy (non-hydrogen) atoms. The summed E-state index contributed by atoms with van der Waals surface area (Å²) in [7, 11) is 1.59. The zero-order valence-corrected chi connectivity index (χ0v) is 13.6. The van der Waals surface area contributed by atoms with Crippen LogP contribution in [0.25, 0.3) is 11.0 Å². The number of hydrogen-bond acceptors (Lipinski definition) is 5. The second kappa shape index (κ2) is 7.67. The number of amides is 1. The predicted molar refractivity (Wildman–Crippen MR) is 85.3 cm³/mol. The lowest BCUT2D eigenvalue weighted by atomic mass is 10.1. The van der Waals surface area contributed by atoms with Crippen LogP contribution >= 0.6 is 0 Å². The first-order valence-electron chi connectivity index (χ1n) is 7.51. The van der Waals surface area contributed by atoms with Gasteiger partial charge in [-0.3, -0.25) is 4.79 Å². The van der Waals surface area contributed by atoms with Crippen LogP contribution in [0.3, 0.4) is 0 Å². The van der Waals surface area contributed by atoms with Crippen molar-refractivity contribution in [2.24, 2.45) is 0 Å². The van der Waals surface area contributed by atoms with E-state index in [-0.39, 0.29) is 25.5 Å². The van der Waals surface area contributed by atoms with Crippen LogP contribution in [-0.2, 0) is 20.7 Å². The van der Waals surface area contributed by atoms with E-state index in [1.165, 1.54) is 4.90 Å². The number of rotatable bonds is 6. The average molecular weight is 319 g/mol. The van der Waals surface area contributed by atoms with Crippen molar-refractivity contribution in [2.45, 2.75) is 20.3 Å². The Hall–Kier alpha value is -2.50. The molecule has 2 rings (SSSR count). The quantitative estimate of drug-likeness (QED) is 0.766. The SMILES string of the molecule is CCOC(=O)N(C)CCOC(=O)Cc1coc2cc(C)ccc12. The van der Waals surface area contributed by atoms with Gasteiger partial charge in [0, 0.05) is 18.0 Å². The molecule has 2 aromatic rings. The number of ether oxygens (including phenoxy) is 2. The van der Waals surface area contributed by atoms with Crippen molar-refractivity contribution in [3.8, 4) is 0 Å². The number of nitrogens with zero attached hydrogens (tertiary/aromatic N) is 1. The van der Waals surface area contributed by atoms with Gasteiger partial charge >= 0.3 is 12.1 Å². The zero-order chi connectivity index (χ0) is 16.8. The smallest absolute Gasteiger partial charge is 0.409 e. The number of carbonyl (C=O) groups excluding carboxylic acids is 2. The predicted octanol–water partition coefficient (Wildman–Crippen LogP) is 2.92. The highest BCUT2D eigenvalue weighted by Gasteiger charge is 2.13. The lowest BCUT2D eigenvalue weighted by Gasteiger charge is -2.16. The Morgan fingerprint density at radius 1 is 1.26 bits per heavy atom. The number of furan rings is 1. The fraction of sp³-hybridized carbons (Fsp3) is 0.412. The van der Waals surface area contributed by atoms with Gasteiger partial charge in [0.2, 0.25) is 0 Å². The highest BCUT2D eigenvalue weighted by Crippen LogP contribution is 2.22. The zero-order valence-electron chi connectivity index (χ0n) is 13.6. The third-order valence-corrected chi connectivity index (χ3v) is 3.42. The van der Waals surface area contributed by atoms with Gasteiger partial charge in [0.1, 0.15) is 12.2 Å². The molecule has 1 amide bonds. The van der Waals surface area contributed by atoms with Crippen LogP contribution in [0.15, 0.2) is 28.9 Å². The van der Waals surface area contributed by atoms with Gasteiger partial charge in [0.05, 0.1) is 25.8 Å². The van der Waals surface area contributed by atoms with Gasteiger partial charge in [-0.05, 0) is 25.5 Å². The monoisotopic (exact) mass is 319 g/mol. The molecule has 0 saturated carbocycles. The molecule has 6 nitrogen and oxygen atoms in total. The summed E-state index contributed by atoms with van der Waals surface area (Å²) in [6, 6.07) is 5.84. The third-order valence-electron chi connectivity index (χ3n) is 3.42. The second-order valence-corrected chi connectivity index (χ2v) is 5.28. The van der Waals surface area contributed by atoms with E-state index >= 15 is 0 Å².